The zero-order valence-electron chi connectivity index (χ0n) is 13.1. The first-order valence-electron chi connectivity index (χ1n) is 7.60. The Morgan fingerprint density at radius 1 is 1.16 bits per heavy atom. The summed E-state index contributed by atoms with van der Waals surface area (Å²) in [6.45, 7) is 0. The number of nitro benzene ring substituents is 1. The molecule has 0 aliphatic carbocycles. The molecule has 0 saturated heterocycles. The third-order valence-corrected chi connectivity index (χ3v) is 3.78. The van der Waals surface area contributed by atoms with Crippen LogP contribution in [0.4, 0.5) is 11.4 Å². The molecule has 1 N–H and O–H groups in total. The summed E-state index contributed by atoms with van der Waals surface area (Å²) in [6.07, 6.45) is 6.36. The number of hydrogen-bond donors (Lipinski definition) is 1. The van der Waals surface area contributed by atoms with Crippen LogP contribution in [-0.4, -0.2) is 16.6 Å². The maximum absolute atomic E-state index is 12.2. The van der Waals surface area contributed by atoms with Crippen LogP contribution in [0.3, 0.4) is 0 Å². The molecule has 0 fully saturated rings. The lowest BCUT2D eigenvalue weighted by molar-refractivity contribution is -0.385. The molecule has 1 aliphatic heterocycles. The van der Waals surface area contributed by atoms with Crippen molar-refractivity contribution in [1.82, 2.24) is 0 Å². The Balaban J connectivity index is 1.71. The minimum absolute atomic E-state index is 0.00858. The van der Waals surface area contributed by atoms with Crippen molar-refractivity contribution in [3.8, 4) is 0 Å². The molecule has 1 aliphatic rings. The van der Waals surface area contributed by atoms with Crippen molar-refractivity contribution in [3.63, 3.8) is 0 Å². The van der Waals surface area contributed by atoms with Gasteiger partial charge in [0.05, 0.1) is 16.9 Å². The Morgan fingerprint density at radius 2 is 1.96 bits per heavy atom. The molecule has 0 bridgehead atoms. The molecule has 6 nitrogen and oxygen atoms in total. The minimum Gasteiger partial charge on any atom is -0.326 e. The smallest absolute Gasteiger partial charge is 0.276 e. The monoisotopic (exact) mass is 334 g/mol. The van der Waals surface area contributed by atoms with Crippen LogP contribution in [0.25, 0.3) is 6.08 Å². The SMILES string of the molecule is O=C1Cc2cc(C(=O)C=CC=Cc3ccccc3[N+](=O)[O-])ccc2N1. The molecule has 0 spiro atoms. The summed E-state index contributed by atoms with van der Waals surface area (Å²) in [6, 6.07) is 11.4. The molecular weight excluding hydrogens is 320 g/mol. The van der Waals surface area contributed by atoms with Crippen LogP contribution in [0.5, 0.6) is 0 Å². The Hall–Kier alpha value is -3.54. The summed E-state index contributed by atoms with van der Waals surface area (Å²) in [5.41, 5.74) is 2.51. The molecule has 25 heavy (non-hydrogen) atoms. The van der Waals surface area contributed by atoms with Crippen molar-refractivity contribution in [2.45, 2.75) is 6.42 Å². The summed E-state index contributed by atoms with van der Waals surface area (Å²) in [5.74, 6) is -0.281. The number of benzene rings is 2. The average molecular weight is 334 g/mol. The summed E-state index contributed by atoms with van der Waals surface area (Å²) in [7, 11) is 0. The van der Waals surface area contributed by atoms with Gasteiger partial charge in [-0.1, -0.05) is 24.3 Å². The van der Waals surface area contributed by atoms with Gasteiger partial charge in [0.2, 0.25) is 5.91 Å². The maximum atomic E-state index is 12.2. The van der Waals surface area contributed by atoms with E-state index in [0.29, 0.717) is 11.1 Å². The lowest BCUT2D eigenvalue weighted by atomic mass is 10.0. The van der Waals surface area contributed by atoms with Gasteiger partial charge in [-0.25, -0.2) is 0 Å². The van der Waals surface area contributed by atoms with E-state index in [2.05, 4.69) is 5.32 Å². The second-order valence-corrected chi connectivity index (χ2v) is 5.50. The molecule has 3 rings (SSSR count). The number of nitrogens with zero attached hydrogens (tertiary/aromatic N) is 1. The van der Waals surface area contributed by atoms with E-state index in [1.54, 1.807) is 48.6 Å². The highest BCUT2D eigenvalue weighted by atomic mass is 16.6. The number of allylic oxidation sites excluding steroid dienone is 3. The molecule has 2 aromatic carbocycles. The first-order valence-corrected chi connectivity index (χ1v) is 7.60. The van der Waals surface area contributed by atoms with Crippen molar-refractivity contribution >= 4 is 29.1 Å². The van der Waals surface area contributed by atoms with Gasteiger partial charge in [-0.3, -0.25) is 19.7 Å². The Bertz CT molecular complexity index is 929. The molecule has 0 atom stereocenters. The third-order valence-electron chi connectivity index (χ3n) is 3.78. The normalized spacial score (nSPS) is 13.2. The van der Waals surface area contributed by atoms with E-state index in [4.69, 9.17) is 0 Å². The Kier molecular flexibility index (Phi) is 4.52. The second kappa shape index (κ2) is 6.92. The van der Waals surface area contributed by atoms with Gasteiger partial charge in [-0.2, -0.15) is 0 Å². The Labute approximate surface area is 143 Å². The van der Waals surface area contributed by atoms with Crippen molar-refractivity contribution in [2.75, 3.05) is 5.32 Å². The highest BCUT2D eigenvalue weighted by molar-refractivity contribution is 6.06. The van der Waals surface area contributed by atoms with Gasteiger partial charge in [-0.15, -0.1) is 0 Å². The van der Waals surface area contributed by atoms with Gasteiger partial charge in [0.25, 0.3) is 5.69 Å². The van der Waals surface area contributed by atoms with Crippen molar-refractivity contribution in [3.05, 3.63) is 87.5 Å². The fourth-order valence-corrected chi connectivity index (χ4v) is 2.58. The first-order chi connectivity index (χ1) is 12.0. The summed E-state index contributed by atoms with van der Waals surface area (Å²) in [5, 5.41) is 13.6. The van der Waals surface area contributed by atoms with Crippen molar-refractivity contribution in [1.29, 1.82) is 0 Å². The third kappa shape index (κ3) is 3.69. The van der Waals surface area contributed by atoms with Crippen LogP contribution in [0.1, 0.15) is 21.5 Å². The molecule has 0 aromatic heterocycles. The fourth-order valence-electron chi connectivity index (χ4n) is 2.58. The highest BCUT2D eigenvalue weighted by Crippen LogP contribution is 2.24. The Morgan fingerprint density at radius 3 is 2.76 bits per heavy atom. The van der Waals surface area contributed by atoms with Crippen molar-refractivity contribution < 1.29 is 14.5 Å². The van der Waals surface area contributed by atoms with Gasteiger partial charge in [-0.05, 0) is 42.0 Å². The molecule has 1 amide bonds. The summed E-state index contributed by atoms with van der Waals surface area (Å²) in [4.78, 5) is 34.0. The first kappa shape index (κ1) is 16.3. The number of hydrogen-bond acceptors (Lipinski definition) is 4. The molecule has 0 unspecified atom stereocenters. The number of fused-ring (bicyclic) bond motifs is 1. The second-order valence-electron chi connectivity index (χ2n) is 5.50. The topological polar surface area (TPSA) is 89.3 Å². The summed E-state index contributed by atoms with van der Waals surface area (Å²) >= 11 is 0. The number of carbonyl (C=O) groups is 2. The highest BCUT2D eigenvalue weighted by Gasteiger charge is 2.18. The lowest BCUT2D eigenvalue weighted by Gasteiger charge is -2.00. The standard InChI is InChI=1S/C19H14N2O4/c22-18(14-9-10-16-15(11-14)12-19(23)20-16)8-4-2-6-13-5-1-3-7-17(13)21(24)25/h1-11H,12H2,(H,20,23). The van der Waals surface area contributed by atoms with Crippen LogP contribution >= 0.6 is 0 Å². The molecule has 124 valence electrons. The van der Waals surface area contributed by atoms with Gasteiger partial charge in [0.1, 0.15) is 0 Å². The van der Waals surface area contributed by atoms with E-state index in [0.717, 1.165) is 11.3 Å². The zero-order valence-corrected chi connectivity index (χ0v) is 13.1. The molecule has 0 radical (unpaired) electrons. The number of nitrogens with one attached hydrogen (secondary N) is 1. The number of para-hydroxylation sites is 1. The maximum Gasteiger partial charge on any atom is 0.276 e. The lowest BCUT2D eigenvalue weighted by Crippen LogP contribution is -2.03. The predicted octanol–water partition coefficient (Wildman–Crippen LogP) is 3.54. The van der Waals surface area contributed by atoms with Gasteiger partial charge in [0, 0.05) is 17.3 Å². The number of carbonyl (C=O) groups excluding carboxylic acids is 2. The molecule has 1 heterocycles. The van der Waals surface area contributed by atoms with E-state index in [9.17, 15) is 19.7 Å². The van der Waals surface area contributed by atoms with E-state index < -0.39 is 4.92 Å². The minimum atomic E-state index is -0.450. The number of anilines is 1. The molecule has 2 aromatic rings. The van der Waals surface area contributed by atoms with Crippen LogP contribution in [0.15, 0.2) is 60.7 Å². The van der Waals surface area contributed by atoms with E-state index in [-0.39, 0.29) is 23.8 Å². The summed E-state index contributed by atoms with van der Waals surface area (Å²) < 4.78 is 0. The molecule has 0 saturated carbocycles. The molecular formula is C19H14N2O4. The van der Waals surface area contributed by atoms with E-state index >= 15 is 0 Å². The van der Waals surface area contributed by atoms with E-state index in [1.807, 2.05) is 0 Å². The van der Waals surface area contributed by atoms with Gasteiger partial charge in [0.15, 0.2) is 5.78 Å². The number of nitro groups is 1. The largest absolute Gasteiger partial charge is 0.326 e. The van der Waals surface area contributed by atoms with Crippen LogP contribution in [0, 0.1) is 10.1 Å². The van der Waals surface area contributed by atoms with Gasteiger partial charge >= 0.3 is 0 Å². The van der Waals surface area contributed by atoms with Crippen molar-refractivity contribution in [2.24, 2.45) is 0 Å². The number of ketones is 1. The molecule has 6 heteroatoms. The van der Waals surface area contributed by atoms with E-state index in [1.165, 1.54) is 18.2 Å². The zero-order chi connectivity index (χ0) is 17.8. The van der Waals surface area contributed by atoms with Crippen LogP contribution in [-0.2, 0) is 11.2 Å². The van der Waals surface area contributed by atoms with Crippen LogP contribution in [0.2, 0.25) is 0 Å². The number of rotatable bonds is 5. The quantitative estimate of drug-likeness (QED) is 0.298. The van der Waals surface area contributed by atoms with Gasteiger partial charge < -0.3 is 5.32 Å². The average Bonchev–Trinajstić information content (AvgIpc) is 2.97. The number of amides is 1. The fraction of sp³-hybridized carbons (Fsp3) is 0.0526. The predicted molar refractivity (Wildman–Crippen MR) is 94.4 cm³/mol. The van der Waals surface area contributed by atoms with Crippen LogP contribution < -0.4 is 5.32 Å².